The van der Waals surface area contributed by atoms with Crippen molar-refractivity contribution in [3.63, 3.8) is 0 Å². The maximum Gasteiger partial charge on any atom is 0.319 e. The van der Waals surface area contributed by atoms with Crippen LogP contribution < -0.4 is 15.4 Å². The number of carbonyl (C=O) groups is 3. The van der Waals surface area contributed by atoms with Crippen LogP contribution in [0.15, 0.2) is 59.1 Å². The smallest absolute Gasteiger partial charge is 0.319 e. The molecule has 3 aromatic rings. The highest BCUT2D eigenvalue weighted by atomic mass is 79.9. The summed E-state index contributed by atoms with van der Waals surface area (Å²) >= 11 is 16.0. The Hall–Kier alpha value is -3.34. The van der Waals surface area contributed by atoms with Gasteiger partial charge in [-0.25, -0.2) is 9.18 Å². The van der Waals surface area contributed by atoms with Crippen LogP contribution >= 0.6 is 39.1 Å². The average Bonchev–Trinajstić information content (AvgIpc) is 3.27. The van der Waals surface area contributed by atoms with Gasteiger partial charge in [-0.15, -0.1) is 0 Å². The van der Waals surface area contributed by atoms with Gasteiger partial charge in [0.2, 0.25) is 11.8 Å². The Kier molecular flexibility index (Phi) is 8.28. The Morgan fingerprint density at radius 2 is 1.80 bits per heavy atom. The van der Waals surface area contributed by atoms with Gasteiger partial charge in [0.15, 0.2) is 0 Å². The van der Waals surface area contributed by atoms with Crippen molar-refractivity contribution in [3.05, 3.63) is 91.6 Å². The number of anilines is 1. The molecule has 44 heavy (non-hydrogen) atoms. The maximum absolute atomic E-state index is 16.5. The lowest BCUT2D eigenvalue weighted by Crippen LogP contribution is -2.57. The normalized spacial score (nSPS) is 23.3. The Labute approximate surface area is 272 Å². The fourth-order valence-electron chi connectivity index (χ4n) is 6.79. The highest BCUT2D eigenvalue weighted by Gasteiger charge is 2.62. The third kappa shape index (κ3) is 5.20. The number of rotatable bonds is 4. The molecule has 230 valence electrons. The van der Waals surface area contributed by atoms with Crippen molar-refractivity contribution in [2.75, 3.05) is 32.5 Å². The van der Waals surface area contributed by atoms with Crippen LogP contribution in [0, 0.1) is 5.82 Å². The van der Waals surface area contributed by atoms with E-state index in [1.807, 2.05) is 6.07 Å². The molecule has 0 aliphatic carbocycles. The minimum Gasteiger partial charge on any atom is -0.490 e. The minimum absolute atomic E-state index is 0.0312. The summed E-state index contributed by atoms with van der Waals surface area (Å²) in [5, 5.41) is 6.82. The summed E-state index contributed by atoms with van der Waals surface area (Å²) in [7, 11) is 3.41. The Balaban J connectivity index is 1.48. The lowest BCUT2D eigenvalue weighted by atomic mass is 9.59. The highest BCUT2D eigenvalue weighted by Crippen LogP contribution is 2.59. The third-order valence-electron chi connectivity index (χ3n) is 8.77. The molecule has 0 radical (unpaired) electrons. The van der Waals surface area contributed by atoms with E-state index in [0.29, 0.717) is 52.8 Å². The molecule has 3 atom stereocenters. The van der Waals surface area contributed by atoms with Crippen molar-refractivity contribution in [2.45, 2.75) is 42.7 Å². The van der Waals surface area contributed by atoms with Crippen LogP contribution in [-0.2, 0) is 15.0 Å². The molecule has 2 saturated heterocycles. The summed E-state index contributed by atoms with van der Waals surface area (Å²) in [6.07, 6.45) is 0.719. The van der Waals surface area contributed by atoms with Crippen LogP contribution in [0.3, 0.4) is 0 Å². The molecule has 3 aromatic carbocycles. The molecule has 2 N–H and O–H groups in total. The van der Waals surface area contributed by atoms with E-state index in [9.17, 15) is 14.4 Å². The second kappa shape index (κ2) is 11.9. The van der Waals surface area contributed by atoms with E-state index < -0.39 is 29.1 Å². The van der Waals surface area contributed by atoms with Crippen molar-refractivity contribution in [3.8, 4) is 5.75 Å². The second-order valence-electron chi connectivity index (χ2n) is 11.6. The number of ether oxygens (including phenoxy) is 1. The number of nitrogens with zero attached hydrogens (tertiary/aromatic N) is 2. The number of benzene rings is 3. The van der Waals surface area contributed by atoms with E-state index in [2.05, 4.69) is 26.6 Å². The van der Waals surface area contributed by atoms with Crippen LogP contribution in [0.4, 0.5) is 14.9 Å². The first kappa shape index (κ1) is 30.7. The van der Waals surface area contributed by atoms with E-state index >= 15 is 4.39 Å². The third-order valence-corrected chi connectivity index (χ3v) is 9.85. The number of amides is 4. The number of piperidine rings is 2. The first-order valence-electron chi connectivity index (χ1n) is 14.3. The number of hydrogen-bond donors (Lipinski definition) is 2. The number of fused-ring (bicyclic) bond motifs is 2. The lowest BCUT2D eigenvalue weighted by Gasteiger charge is -2.47. The van der Waals surface area contributed by atoms with Crippen molar-refractivity contribution >= 4 is 62.7 Å². The predicted molar refractivity (Wildman–Crippen MR) is 170 cm³/mol. The van der Waals surface area contributed by atoms with Gasteiger partial charge in [0.1, 0.15) is 23.1 Å². The zero-order valence-corrected chi connectivity index (χ0v) is 27.1. The van der Waals surface area contributed by atoms with Gasteiger partial charge in [-0.05, 0) is 63.5 Å². The molecule has 1 spiro atoms. The molecule has 0 saturated carbocycles. The zero-order valence-electron chi connectivity index (χ0n) is 24.0. The Morgan fingerprint density at radius 3 is 2.50 bits per heavy atom. The number of halogens is 4. The van der Waals surface area contributed by atoms with Gasteiger partial charge in [-0.3, -0.25) is 9.59 Å². The van der Waals surface area contributed by atoms with Crippen molar-refractivity contribution in [2.24, 2.45) is 0 Å². The van der Waals surface area contributed by atoms with Crippen molar-refractivity contribution < 1.29 is 23.5 Å². The molecule has 3 heterocycles. The van der Waals surface area contributed by atoms with Gasteiger partial charge in [0, 0.05) is 68.1 Å². The molecule has 12 heteroatoms. The van der Waals surface area contributed by atoms with Gasteiger partial charge < -0.3 is 25.2 Å². The van der Waals surface area contributed by atoms with E-state index in [1.54, 1.807) is 67.5 Å². The first-order valence-corrected chi connectivity index (χ1v) is 15.8. The summed E-state index contributed by atoms with van der Waals surface area (Å²) in [5.74, 6) is -1.87. The number of urea groups is 1. The summed E-state index contributed by atoms with van der Waals surface area (Å²) in [5.41, 5.74) is 0.337. The van der Waals surface area contributed by atoms with Gasteiger partial charge in [-0.1, -0.05) is 41.4 Å². The summed E-state index contributed by atoms with van der Waals surface area (Å²) in [6, 6.07) is 14.1. The molecule has 0 bridgehead atoms. The lowest BCUT2D eigenvalue weighted by molar-refractivity contribution is -0.131. The summed E-state index contributed by atoms with van der Waals surface area (Å²) < 4.78 is 23.1. The van der Waals surface area contributed by atoms with Gasteiger partial charge in [0.25, 0.3) is 0 Å². The van der Waals surface area contributed by atoms with Gasteiger partial charge in [0.05, 0.1) is 16.1 Å². The molecule has 0 unspecified atom stereocenters. The fourth-order valence-corrected chi connectivity index (χ4v) is 7.51. The SMILES string of the molecule is CN(C)C(=O)N1CCC(Oc2ccc(Br)c(F)c2[C@H]2NC(=O)C[C@@H](c3cccc(Cl)c3)[C@]23C(=O)Nc2cc(Cl)ccc23)CC1. The number of hydrogen-bond acceptors (Lipinski definition) is 4. The summed E-state index contributed by atoms with van der Waals surface area (Å²) in [6.45, 7) is 0.959. The molecule has 4 amide bonds. The number of likely N-dealkylation sites (tertiary alicyclic amines) is 1. The molecular formula is C32H30BrCl2FN4O4. The van der Waals surface area contributed by atoms with E-state index in [-0.39, 0.29) is 40.2 Å². The van der Waals surface area contributed by atoms with E-state index in [0.717, 1.165) is 0 Å². The topological polar surface area (TPSA) is 91.0 Å². The van der Waals surface area contributed by atoms with E-state index in [4.69, 9.17) is 27.9 Å². The largest absolute Gasteiger partial charge is 0.490 e. The van der Waals surface area contributed by atoms with Gasteiger partial charge in [-0.2, -0.15) is 0 Å². The average molecular weight is 704 g/mol. The quantitative estimate of drug-likeness (QED) is 0.318. The predicted octanol–water partition coefficient (Wildman–Crippen LogP) is 6.65. The monoisotopic (exact) mass is 702 g/mol. The van der Waals surface area contributed by atoms with Crippen LogP contribution in [0.25, 0.3) is 0 Å². The standard InChI is InChI=1S/C32H30BrCl2FN4O4/c1-39(2)31(43)40-12-10-20(11-13-40)44-25-9-8-23(33)28(36)27(25)29-32(21-7-6-19(35)15-24(21)37-30(32)42)22(16-26(41)38-29)17-4-3-5-18(34)14-17/h3-9,14-15,20,22,29H,10-13,16H2,1-2H3,(H,37,42)(H,38,41)/t22-,29+,32-/m0/s1. The Morgan fingerprint density at radius 1 is 1.07 bits per heavy atom. The van der Waals surface area contributed by atoms with Crippen LogP contribution in [-0.4, -0.2) is 60.9 Å². The molecule has 3 aliphatic rings. The first-order chi connectivity index (χ1) is 21.0. The van der Waals surface area contributed by atoms with Gasteiger partial charge >= 0.3 is 6.03 Å². The van der Waals surface area contributed by atoms with Crippen LogP contribution in [0.2, 0.25) is 10.0 Å². The highest BCUT2D eigenvalue weighted by molar-refractivity contribution is 9.10. The molecule has 2 fully saturated rings. The zero-order chi connectivity index (χ0) is 31.3. The van der Waals surface area contributed by atoms with Crippen LogP contribution in [0.5, 0.6) is 5.75 Å². The Bertz CT molecular complexity index is 1670. The second-order valence-corrected chi connectivity index (χ2v) is 13.3. The fraction of sp³-hybridized carbons (Fsp3) is 0.344. The maximum atomic E-state index is 16.5. The summed E-state index contributed by atoms with van der Waals surface area (Å²) in [4.78, 5) is 43.6. The minimum atomic E-state index is -1.47. The van der Waals surface area contributed by atoms with E-state index in [1.165, 1.54) is 4.90 Å². The van der Waals surface area contributed by atoms with Crippen molar-refractivity contribution in [1.29, 1.82) is 0 Å². The molecule has 8 nitrogen and oxygen atoms in total. The molecule has 6 rings (SSSR count). The van der Waals surface area contributed by atoms with Crippen LogP contribution in [0.1, 0.15) is 47.9 Å². The number of nitrogens with one attached hydrogen (secondary N) is 2. The number of carbonyl (C=O) groups excluding carboxylic acids is 3. The molecular weight excluding hydrogens is 674 g/mol. The van der Waals surface area contributed by atoms with Crippen molar-refractivity contribution in [1.82, 2.24) is 15.1 Å². The molecule has 3 aliphatic heterocycles. The molecule has 0 aromatic heterocycles.